The smallest absolute Gasteiger partial charge is 0 e. The van der Waals surface area contributed by atoms with Crippen molar-refractivity contribution < 1.29 is 24.3 Å². The van der Waals surface area contributed by atoms with Crippen LogP contribution < -0.4 is 0 Å². The fourth-order valence-electron chi connectivity index (χ4n) is 0. The SMILES string of the molecule is O=[C-]P.[Rh]. The van der Waals surface area contributed by atoms with Crippen LogP contribution >= 0.6 is 9.24 Å². The summed E-state index contributed by atoms with van der Waals surface area (Å²) in [5, 5.41) is 0. The van der Waals surface area contributed by atoms with Crippen molar-refractivity contribution in [1.29, 1.82) is 0 Å². The van der Waals surface area contributed by atoms with Gasteiger partial charge in [-0.15, -0.1) is 0 Å². The van der Waals surface area contributed by atoms with Gasteiger partial charge < -0.3 is 4.79 Å². The molecule has 3 heteroatoms. The monoisotopic (exact) mass is 164 g/mol. The van der Waals surface area contributed by atoms with Crippen LogP contribution in [0.25, 0.3) is 0 Å². The summed E-state index contributed by atoms with van der Waals surface area (Å²) in [7, 11) is 1.77. The molecular formula is CH2OPRh-. The van der Waals surface area contributed by atoms with E-state index in [1.807, 2.05) is 0 Å². The molecule has 0 saturated carbocycles. The second kappa shape index (κ2) is 9.30. The van der Waals surface area contributed by atoms with E-state index in [4.69, 9.17) is 4.79 Å². The molecule has 0 aromatic carbocycles. The van der Waals surface area contributed by atoms with Crippen molar-refractivity contribution in [3.05, 3.63) is 0 Å². The minimum Gasteiger partial charge on any atom is -0.537 e. The zero-order chi connectivity index (χ0) is 2.71. The number of carbonyl (C=O) groups excluding carboxylic acids is 1. The molecule has 0 aliphatic heterocycles. The van der Waals surface area contributed by atoms with Crippen molar-refractivity contribution in [2.45, 2.75) is 0 Å². The molecule has 0 rings (SSSR count). The molecule has 0 aromatic heterocycles. The van der Waals surface area contributed by atoms with E-state index in [0.29, 0.717) is 0 Å². The van der Waals surface area contributed by atoms with Gasteiger partial charge >= 0.3 is 0 Å². The van der Waals surface area contributed by atoms with E-state index in [0.717, 1.165) is 0 Å². The first-order chi connectivity index (χ1) is 1.41. The molecule has 1 atom stereocenters. The Morgan fingerprint density at radius 3 is 1.75 bits per heavy atom. The molecule has 0 amide bonds. The van der Waals surface area contributed by atoms with Crippen LogP contribution in [-0.4, -0.2) is 6.03 Å². The van der Waals surface area contributed by atoms with Gasteiger partial charge in [-0.1, -0.05) is 0 Å². The maximum Gasteiger partial charge on any atom is 0 e. The summed E-state index contributed by atoms with van der Waals surface area (Å²) in [5.74, 6) is 0. The van der Waals surface area contributed by atoms with Crippen molar-refractivity contribution in [2.24, 2.45) is 0 Å². The second-order valence-electron chi connectivity index (χ2n) is 0.118. The fourth-order valence-corrected chi connectivity index (χ4v) is 0. The maximum atomic E-state index is 8.64. The van der Waals surface area contributed by atoms with Gasteiger partial charge in [0.1, 0.15) is 0 Å². The van der Waals surface area contributed by atoms with Crippen LogP contribution in [0.5, 0.6) is 0 Å². The summed E-state index contributed by atoms with van der Waals surface area (Å²) in [6, 6.07) is 1.42. The second-order valence-corrected chi connectivity index (χ2v) is 0.354. The molecule has 0 aromatic rings. The molecule has 1 nitrogen and oxygen atoms in total. The van der Waals surface area contributed by atoms with Crippen LogP contribution in [0.3, 0.4) is 0 Å². The summed E-state index contributed by atoms with van der Waals surface area (Å²) < 4.78 is 0. The number of rotatable bonds is 0. The van der Waals surface area contributed by atoms with E-state index in [1.54, 1.807) is 9.24 Å². The molecule has 0 fully saturated rings. The third-order valence-electron chi connectivity index (χ3n) is 0. The van der Waals surface area contributed by atoms with Crippen LogP contribution in [0.4, 0.5) is 0 Å². The minimum atomic E-state index is 0. The van der Waals surface area contributed by atoms with Gasteiger partial charge in [0.05, 0.1) is 0 Å². The van der Waals surface area contributed by atoms with Gasteiger partial charge in [0.25, 0.3) is 0 Å². The Hall–Kier alpha value is 0.723. The molecule has 0 bridgehead atoms. The van der Waals surface area contributed by atoms with Gasteiger partial charge in [0.15, 0.2) is 0 Å². The first-order valence-corrected chi connectivity index (χ1v) is 1.07. The Balaban J connectivity index is 0. The molecule has 27 valence electrons. The standard InChI is InChI=1S/CH2OP.Rh/c2-1-3;/h3H2;/q-1;. The van der Waals surface area contributed by atoms with Crippen LogP contribution in [0.1, 0.15) is 0 Å². The van der Waals surface area contributed by atoms with Gasteiger partial charge in [-0.2, -0.15) is 0 Å². The summed E-state index contributed by atoms with van der Waals surface area (Å²) in [6.07, 6.45) is 0. The van der Waals surface area contributed by atoms with E-state index in [-0.39, 0.29) is 19.5 Å². The molecule has 0 heterocycles. The predicted molar refractivity (Wildman–Crippen MR) is 15.4 cm³/mol. The van der Waals surface area contributed by atoms with Gasteiger partial charge in [-0.3, -0.25) is 9.24 Å². The Labute approximate surface area is 40.1 Å². The van der Waals surface area contributed by atoms with Gasteiger partial charge in [0, 0.05) is 19.5 Å². The van der Waals surface area contributed by atoms with Crippen molar-refractivity contribution in [1.82, 2.24) is 0 Å². The van der Waals surface area contributed by atoms with E-state index < -0.39 is 0 Å². The van der Waals surface area contributed by atoms with Crippen LogP contribution in [-0.2, 0) is 24.3 Å². The average molecular weight is 164 g/mol. The molecule has 1 unspecified atom stereocenters. The van der Waals surface area contributed by atoms with Gasteiger partial charge in [-0.05, 0) is 0 Å². The van der Waals surface area contributed by atoms with Gasteiger partial charge in [0.2, 0.25) is 0 Å². The summed E-state index contributed by atoms with van der Waals surface area (Å²) in [4.78, 5) is 8.64. The Bertz CT molecular complexity index is 15.5. The molecule has 0 aliphatic rings. The third kappa shape index (κ3) is 15.5. The number of hydrogen-bond donors (Lipinski definition) is 0. The average Bonchev–Trinajstić information content (AvgIpc) is 0.918. The normalized spacial score (nSPS) is 3.25. The molecule has 1 radical (unpaired) electrons. The fraction of sp³-hybridized carbons (Fsp3) is 0. The third-order valence-corrected chi connectivity index (χ3v) is 0. The van der Waals surface area contributed by atoms with Crippen molar-refractivity contribution >= 4 is 15.3 Å². The van der Waals surface area contributed by atoms with Crippen molar-refractivity contribution in [3.63, 3.8) is 0 Å². The molecule has 0 N–H and O–H groups in total. The molecule has 0 aliphatic carbocycles. The summed E-state index contributed by atoms with van der Waals surface area (Å²) in [6.45, 7) is 0. The van der Waals surface area contributed by atoms with Gasteiger partial charge in [-0.25, -0.2) is 6.03 Å². The molecular weight excluding hydrogens is 162 g/mol. The van der Waals surface area contributed by atoms with Crippen molar-refractivity contribution in [3.8, 4) is 0 Å². The molecule has 0 saturated heterocycles. The van der Waals surface area contributed by atoms with Crippen LogP contribution in [0.15, 0.2) is 0 Å². The topological polar surface area (TPSA) is 17.1 Å². The number of hydrogen-bond acceptors (Lipinski definition) is 1. The Kier molecular flexibility index (Phi) is 20.5. The zero-order valence-corrected chi connectivity index (χ0v) is 4.61. The maximum absolute atomic E-state index is 8.64. The zero-order valence-electron chi connectivity index (χ0n) is 1.82. The van der Waals surface area contributed by atoms with E-state index in [9.17, 15) is 0 Å². The molecule has 0 spiro atoms. The largest absolute Gasteiger partial charge is 0.537 e. The van der Waals surface area contributed by atoms with Crippen LogP contribution in [0.2, 0.25) is 0 Å². The summed E-state index contributed by atoms with van der Waals surface area (Å²) >= 11 is 0. The molecule has 4 heavy (non-hydrogen) atoms. The van der Waals surface area contributed by atoms with E-state index in [1.165, 1.54) is 6.03 Å². The van der Waals surface area contributed by atoms with Crippen LogP contribution in [0, 0.1) is 0 Å². The first kappa shape index (κ1) is 8.83. The predicted octanol–water partition coefficient (Wildman–Crippen LogP) is -0.0738. The van der Waals surface area contributed by atoms with E-state index >= 15 is 0 Å². The Morgan fingerprint density at radius 2 is 1.75 bits per heavy atom. The quantitative estimate of drug-likeness (QED) is 0.278. The first-order valence-electron chi connectivity index (χ1n) is 0.493. The Morgan fingerprint density at radius 1 is 1.75 bits per heavy atom. The summed E-state index contributed by atoms with van der Waals surface area (Å²) in [5.41, 5.74) is 0. The minimum absolute atomic E-state index is 0. The van der Waals surface area contributed by atoms with Crippen molar-refractivity contribution in [2.75, 3.05) is 0 Å². The van der Waals surface area contributed by atoms with E-state index in [2.05, 4.69) is 0 Å².